The molecule has 2 rings (SSSR count). The van der Waals surface area contributed by atoms with E-state index in [4.69, 9.17) is 5.73 Å². The summed E-state index contributed by atoms with van der Waals surface area (Å²) >= 11 is 0. The Balaban J connectivity index is 2.00. The van der Waals surface area contributed by atoms with Crippen LogP contribution in [0.25, 0.3) is 0 Å². The second-order valence-corrected chi connectivity index (χ2v) is 2.95. The summed E-state index contributed by atoms with van der Waals surface area (Å²) in [5.41, 5.74) is 16.4. The van der Waals surface area contributed by atoms with Gasteiger partial charge in [-0.1, -0.05) is 0 Å². The Morgan fingerprint density at radius 1 is 1.42 bits per heavy atom. The van der Waals surface area contributed by atoms with Crippen molar-refractivity contribution in [1.82, 2.24) is 26.8 Å². The predicted molar refractivity (Wildman–Crippen MR) is 40.6 cm³/mol. The molecule has 6 N–H and O–H groups in total. The number of carbonyl (C=O) groups excluding carboxylic acids is 1. The highest BCUT2D eigenvalue weighted by molar-refractivity contribution is 5.89. The van der Waals surface area contributed by atoms with E-state index in [9.17, 15) is 4.79 Å². The van der Waals surface area contributed by atoms with E-state index in [0.717, 1.165) is 0 Å². The monoisotopic (exact) mass is 172 g/mol. The molecule has 0 spiro atoms. The maximum Gasteiger partial charge on any atom is 0.244 e. The number of hydrogen-bond donors (Lipinski definition) is 5. The zero-order valence-corrected chi connectivity index (χ0v) is 6.66. The fourth-order valence-corrected chi connectivity index (χ4v) is 1.42. The van der Waals surface area contributed by atoms with Crippen molar-refractivity contribution < 1.29 is 4.79 Å². The first-order chi connectivity index (χ1) is 5.72. The molecule has 0 aromatic heterocycles. The SMILES string of the molecule is C[C@@H]1[C@H](N)C(=O)N1C1NNNN1. The quantitative estimate of drug-likeness (QED) is 0.270. The molecule has 2 saturated heterocycles. The van der Waals surface area contributed by atoms with Gasteiger partial charge in [0, 0.05) is 0 Å². The van der Waals surface area contributed by atoms with Crippen molar-refractivity contribution in [2.45, 2.75) is 25.3 Å². The lowest BCUT2D eigenvalue weighted by atomic mass is 9.98. The van der Waals surface area contributed by atoms with Gasteiger partial charge in [0.05, 0.1) is 6.04 Å². The third-order valence-electron chi connectivity index (χ3n) is 2.26. The molecule has 7 nitrogen and oxygen atoms in total. The normalized spacial score (nSPS) is 37.2. The van der Waals surface area contributed by atoms with Crippen LogP contribution in [0.1, 0.15) is 6.92 Å². The molecule has 0 saturated carbocycles. The summed E-state index contributed by atoms with van der Waals surface area (Å²) in [6.07, 6.45) is -0.215. The van der Waals surface area contributed by atoms with Crippen LogP contribution < -0.4 is 27.7 Å². The fourth-order valence-electron chi connectivity index (χ4n) is 1.42. The molecule has 0 unspecified atom stereocenters. The van der Waals surface area contributed by atoms with Gasteiger partial charge in [-0.2, -0.15) is 11.1 Å². The zero-order valence-electron chi connectivity index (χ0n) is 6.66. The lowest BCUT2D eigenvalue weighted by Gasteiger charge is -2.45. The van der Waals surface area contributed by atoms with Crippen LogP contribution in [-0.2, 0) is 4.79 Å². The van der Waals surface area contributed by atoms with Crippen LogP contribution >= 0.6 is 0 Å². The first-order valence-corrected chi connectivity index (χ1v) is 3.80. The number of hydrazine groups is 3. The van der Waals surface area contributed by atoms with Gasteiger partial charge < -0.3 is 10.6 Å². The summed E-state index contributed by atoms with van der Waals surface area (Å²) in [6, 6.07) is -0.279. The van der Waals surface area contributed by atoms with Gasteiger partial charge in [0.2, 0.25) is 5.91 Å². The van der Waals surface area contributed by atoms with Gasteiger partial charge in [0.15, 0.2) is 6.29 Å². The van der Waals surface area contributed by atoms with Gasteiger partial charge in [-0.25, -0.2) is 10.9 Å². The molecule has 2 fully saturated rings. The van der Waals surface area contributed by atoms with Crippen molar-refractivity contribution in [2.24, 2.45) is 5.73 Å². The van der Waals surface area contributed by atoms with Crippen molar-refractivity contribution in [3.05, 3.63) is 0 Å². The molecule has 68 valence electrons. The van der Waals surface area contributed by atoms with E-state index >= 15 is 0 Å². The van der Waals surface area contributed by atoms with Crippen molar-refractivity contribution in [3.63, 3.8) is 0 Å². The molecule has 7 heteroatoms. The fraction of sp³-hybridized carbons (Fsp3) is 0.800. The standard InChI is InChI=1S/C5H12N6O/c1-2-3(6)4(12)11(2)5-7-9-10-8-5/h2-3,5,7-10H,6H2,1H3/t2-,3+/m1/s1. The number of carbonyl (C=O) groups is 1. The van der Waals surface area contributed by atoms with Crippen LogP contribution in [0.4, 0.5) is 0 Å². The number of nitrogens with two attached hydrogens (primary N) is 1. The molecule has 0 aliphatic carbocycles. The number of rotatable bonds is 1. The second kappa shape index (κ2) is 2.64. The highest BCUT2D eigenvalue weighted by Gasteiger charge is 2.46. The average Bonchev–Trinajstić information content (AvgIpc) is 2.57. The van der Waals surface area contributed by atoms with E-state index in [2.05, 4.69) is 21.9 Å². The summed E-state index contributed by atoms with van der Waals surface area (Å²) in [5, 5.41) is 0. The van der Waals surface area contributed by atoms with E-state index in [-0.39, 0.29) is 24.3 Å². The van der Waals surface area contributed by atoms with Gasteiger partial charge in [0.1, 0.15) is 6.04 Å². The largest absolute Gasteiger partial charge is 0.318 e. The Hall–Kier alpha value is -0.730. The Morgan fingerprint density at radius 3 is 2.50 bits per heavy atom. The highest BCUT2D eigenvalue weighted by atomic mass is 16.2. The van der Waals surface area contributed by atoms with Crippen LogP contribution in [0, 0.1) is 0 Å². The maximum atomic E-state index is 11.2. The smallest absolute Gasteiger partial charge is 0.244 e. The Labute approximate surface area is 69.6 Å². The molecule has 1 amide bonds. The van der Waals surface area contributed by atoms with Crippen LogP contribution in [0.2, 0.25) is 0 Å². The maximum absolute atomic E-state index is 11.2. The highest BCUT2D eigenvalue weighted by Crippen LogP contribution is 2.18. The third-order valence-corrected chi connectivity index (χ3v) is 2.26. The van der Waals surface area contributed by atoms with Crippen molar-refractivity contribution >= 4 is 5.91 Å². The molecule has 12 heavy (non-hydrogen) atoms. The first-order valence-electron chi connectivity index (χ1n) is 3.80. The number of hydrogen-bond acceptors (Lipinski definition) is 6. The van der Waals surface area contributed by atoms with Crippen LogP contribution in [0.15, 0.2) is 0 Å². The van der Waals surface area contributed by atoms with Crippen LogP contribution in [0.5, 0.6) is 0 Å². The summed E-state index contributed by atoms with van der Waals surface area (Å²) in [7, 11) is 0. The van der Waals surface area contributed by atoms with E-state index in [1.165, 1.54) is 0 Å². The summed E-state index contributed by atoms with van der Waals surface area (Å²) < 4.78 is 0. The zero-order chi connectivity index (χ0) is 8.72. The van der Waals surface area contributed by atoms with E-state index in [1.807, 2.05) is 6.92 Å². The number of amides is 1. The molecule has 0 aromatic rings. The molecular formula is C5H12N6O. The van der Waals surface area contributed by atoms with E-state index < -0.39 is 0 Å². The minimum atomic E-state index is -0.353. The van der Waals surface area contributed by atoms with Crippen molar-refractivity contribution in [3.8, 4) is 0 Å². The van der Waals surface area contributed by atoms with Gasteiger partial charge in [-0.3, -0.25) is 4.79 Å². The molecular weight excluding hydrogens is 160 g/mol. The predicted octanol–water partition coefficient (Wildman–Crippen LogP) is -3.05. The summed E-state index contributed by atoms with van der Waals surface area (Å²) in [4.78, 5) is 12.9. The van der Waals surface area contributed by atoms with E-state index in [0.29, 0.717) is 0 Å². The molecule has 2 aliphatic rings. The molecule has 2 heterocycles. The Kier molecular flexibility index (Phi) is 1.74. The van der Waals surface area contributed by atoms with E-state index in [1.54, 1.807) is 4.90 Å². The number of likely N-dealkylation sites (tertiary alicyclic amines) is 1. The molecule has 0 bridgehead atoms. The van der Waals surface area contributed by atoms with Gasteiger partial charge in [-0.05, 0) is 6.92 Å². The molecule has 0 aromatic carbocycles. The lowest BCUT2D eigenvalue weighted by molar-refractivity contribution is -0.154. The number of β-lactam (4-membered cyclic amide) rings is 1. The first kappa shape index (κ1) is 7.90. The minimum Gasteiger partial charge on any atom is -0.318 e. The Bertz CT molecular complexity index is 202. The molecule has 2 atom stereocenters. The topological polar surface area (TPSA) is 94.5 Å². The van der Waals surface area contributed by atoms with Crippen molar-refractivity contribution in [2.75, 3.05) is 0 Å². The number of nitrogens with one attached hydrogen (secondary N) is 4. The molecule has 2 aliphatic heterocycles. The molecule has 0 radical (unpaired) electrons. The second-order valence-electron chi connectivity index (χ2n) is 2.95. The van der Waals surface area contributed by atoms with Crippen LogP contribution in [0.3, 0.4) is 0 Å². The van der Waals surface area contributed by atoms with Gasteiger partial charge in [-0.15, -0.1) is 0 Å². The number of nitrogens with zero attached hydrogens (tertiary/aromatic N) is 1. The Morgan fingerprint density at radius 2 is 2.00 bits per heavy atom. The average molecular weight is 172 g/mol. The summed E-state index contributed by atoms with van der Waals surface area (Å²) in [6.45, 7) is 1.91. The van der Waals surface area contributed by atoms with Gasteiger partial charge >= 0.3 is 0 Å². The summed E-state index contributed by atoms with van der Waals surface area (Å²) in [5.74, 6) is -0.0435. The van der Waals surface area contributed by atoms with Gasteiger partial charge in [0.25, 0.3) is 0 Å². The lowest BCUT2D eigenvalue weighted by Crippen LogP contribution is -2.73. The van der Waals surface area contributed by atoms with Crippen LogP contribution in [-0.4, -0.2) is 29.2 Å². The van der Waals surface area contributed by atoms with Crippen molar-refractivity contribution in [1.29, 1.82) is 0 Å². The minimum absolute atomic E-state index is 0.0435. The third kappa shape index (κ3) is 0.919.